The number of hydrogen-bond donors (Lipinski definition) is 4. The molecule has 0 amide bonds. The predicted octanol–water partition coefficient (Wildman–Crippen LogP) is 3.91. The molecule has 0 aliphatic rings. The summed E-state index contributed by atoms with van der Waals surface area (Å²) in [5, 5.41) is 3.00. The van der Waals surface area contributed by atoms with Crippen molar-refractivity contribution in [1.82, 2.24) is 29.9 Å². The molecule has 3 aromatic heterocycles. The summed E-state index contributed by atoms with van der Waals surface area (Å²) in [7, 11) is 0. The van der Waals surface area contributed by atoms with Crippen molar-refractivity contribution >= 4 is 33.6 Å². The normalized spacial score (nSPS) is 10.3. The fourth-order valence-electron chi connectivity index (χ4n) is 2.92. The van der Waals surface area contributed by atoms with Crippen LogP contribution < -0.4 is 16.6 Å². The smallest absolute Gasteiger partial charge is 0.261 e. The van der Waals surface area contributed by atoms with Crippen LogP contribution >= 0.6 is 0 Å². The highest BCUT2D eigenvalue weighted by Gasteiger charge is 2.10. The van der Waals surface area contributed by atoms with Crippen molar-refractivity contribution in [3.05, 3.63) is 82.7 Å². The molecule has 12 heteroatoms. The highest BCUT2D eigenvalue weighted by molar-refractivity contribution is 5.82. The van der Waals surface area contributed by atoms with Gasteiger partial charge in [-0.3, -0.25) is 4.79 Å². The zero-order chi connectivity index (χ0) is 24.7. The minimum absolute atomic E-state index is 0.0470. The minimum atomic E-state index is -0.646. The van der Waals surface area contributed by atoms with Crippen LogP contribution in [0.2, 0.25) is 0 Å². The Kier molecular flexibility index (Phi) is 7.75. The molecule has 0 radical (unpaired) electrons. The van der Waals surface area contributed by atoms with Crippen LogP contribution in [0.25, 0.3) is 22.1 Å². The number of aromatic nitrogens is 6. The number of anilines is 2. The second-order valence-electron chi connectivity index (χ2n) is 6.53. The average molecular weight is 470 g/mol. The Labute approximate surface area is 191 Å². The Morgan fingerprint density at radius 1 is 1.03 bits per heavy atom. The maximum Gasteiger partial charge on any atom is 0.261 e. The first-order valence-electron chi connectivity index (χ1n) is 10.2. The molecule has 0 aliphatic carbocycles. The SMILES string of the molecule is CC.Nc1cc(F)cc(F)c1.O=c1[nH]c(CNc2ncnc3nc[nH]c23)nc2cccc(F)c12. The summed E-state index contributed by atoms with van der Waals surface area (Å²) in [4.78, 5) is 33.9. The molecule has 5 rings (SSSR count). The topological polar surface area (TPSA) is 138 Å². The standard InChI is InChI=1S/C14H10FN7O.C6H5F2N.C2H6/c15-7-2-1-3-8-10(7)14(23)22-9(21-8)4-16-12-11-13(18-5-17-11)20-6-19-12;7-4-1-5(8)3-6(9)2-4;1-2/h1-3,5-6H,4H2,(H,21,22,23)(H2,16,17,18,19,20);1-3H,9H2;1-2H3. The van der Waals surface area contributed by atoms with Gasteiger partial charge in [0.1, 0.15) is 40.5 Å². The van der Waals surface area contributed by atoms with Crippen molar-refractivity contribution in [1.29, 1.82) is 0 Å². The number of nitrogens with two attached hydrogens (primary N) is 1. The van der Waals surface area contributed by atoms with E-state index < -0.39 is 23.0 Å². The third-order valence-electron chi connectivity index (χ3n) is 4.26. The number of hydrogen-bond acceptors (Lipinski definition) is 7. The maximum absolute atomic E-state index is 13.7. The van der Waals surface area contributed by atoms with E-state index in [1.807, 2.05) is 13.8 Å². The summed E-state index contributed by atoms with van der Waals surface area (Å²) in [6.07, 6.45) is 2.90. The number of nitrogens with one attached hydrogen (secondary N) is 3. The van der Waals surface area contributed by atoms with Gasteiger partial charge < -0.3 is 21.0 Å². The van der Waals surface area contributed by atoms with Gasteiger partial charge in [-0.15, -0.1) is 0 Å². The van der Waals surface area contributed by atoms with Crippen molar-refractivity contribution in [2.24, 2.45) is 0 Å². The van der Waals surface area contributed by atoms with Gasteiger partial charge in [-0.1, -0.05) is 19.9 Å². The van der Waals surface area contributed by atoms with E-state index in [2.05, 4.69) is 35.2 Å². The molecular formula is C22H21F3N8O. The number of H-pyrrole nitrogens is 2. The summed E-state index contributed by atoms with van der Waals surface area (Å²) in [5.74, 6) is -0.973. The van der Waals surface area contributed by atoms with Crippen LogP contribution in [0.15, 0.2) is 53.8 Å². The van der Waals surface area contributed by atoms with Gasteiger partial charge in [0.25, 0.3) is 5.56 Å². The number of nitrogen functional groups attached to an aromatic ring is 1. The highest BCUT2D eigenvalue weighted by Crippen LogP contribution is 2.15. The molecule has 9 nitrogen and oxygen atoms in total. The number of aromatic amines is 2. The molecule has 34 heavy (non-hydrogen) atoms. The van der Waals surface area contributed by atoms with Crippen molar-refractivity contribution in [2.75, 3.05) is 11.1 Å². The van der Waals surface area contributed by atoms with E-state index in [-0.39, 0.29) is 17.6 Å². The fraction of sp³-hybridized carbons (Fsp3) is 0.136. The first-order valence-corrected chi connectivity index (χ1v) is 10.2. The molecule has 0 fully saturated rings. The Morgan fingerprint density at radius 2 is 1.76 bits per heavy atom. The van der Waals surface area contributed by atoms with Crippen molar-refractivity contribution in [3.8, 4) is 0 Å². The summed E-state index contributed by atoms with van der Waals surface area (Å²) < 4.78 is 37.9. The van der Waals surface area contributed by atoms with Crippen molar-refractivity contribution in [3.63, 3.8) is 0 Å². The quantitative estimate of drug-likeness (QED) is 0.293. The van der Waals surface area contributed by atoms with Gasteiger partial charge in [-0.05, 0) is 24.3 Å². The lowest BCUT2D eigenvalue weighted by atomic mass is 10.2. The molecule has 5 N–H and O–H groups in total. The molecule has 176 valence electrons. The van der Waals surface area contributed by atoms with Crippen LogP contribution in [0, 0.1) is 17.5 Å². The lowest BCUT2D eigenvalue weighted by molar-refractivity contribution is 0.584. The number of fused-ring (bicyclic) bond motifs is 2. The first kappa shape index (κ1) is 24.2. The van der Waals surface area contributed by atoms with Crippen LogP contribution in [0.1, 0.15) is 19.7 Å². The molecule has 0 saturated heterocycles. The molecule has 5 aromatic rings. The van der Waals surface area contributed by atoms with E-state index in [1.165, 1.54) is 24.8 Å². The van der Waals surface area contributed by atoms with E-state index in [9.17, 15) is 18.0 Å². The average Bonchev–Trinajstić information content (AvgIpc) is 3.28. The number of nitrogens with zero attached hydrogens (tertiary/aromatic N) is 4. The van der Waals surface area contributed by atoms with Crippen molar-refractivity contribution < 1.29 is 13.2 Å². The van der Waals surface area contributed by atoms with E-state index in [0.717, 1.165) is 18.2 Å². The van der Waals surface area contributed by atoms with E-state index in [1.54, 1.807) is 6.07 Å². The summed E-state index contributed by atoms with van der Waals surface area (Å²) >= 11 is 0. The lowest BCUT2D eigenvalue weighted by Crippen LogP contribution is -2.16. The van der Waals surface area contributed by atoms with Crippen LogP contribution in [0.5, 0.6) is 0 Å². The lowest BCUT2D eigenvalue weighted by Gasteiger charge is -2.06. The van der Waals surface area contributed by atoms with Gasteiger partial charge in [0, 0.05) is 11.8 Å². The molecule has 0 aliphatic heterocycles. The van der Waals surface area contributed by atoms with E-state index in [4.69, 9.17) is 5.73 Å². The van der Waals surface area contributed by atoms with Gasteiger partial charge in [0.2, 0.25) is 0 Å². The van der Waals surface area contributed by atoms with Crippen molar-refractivity contribution in [2.45, 2.75) is 20.4 Å². The largest absolute Gasteiger partial charge is 0.399 e. The summed E-state index contributed by atoms with van der Waals surface area (Å²) in [5.41, 5.74) is 6.16. The van der Waals surface area contributed by atoms with Gasteiger partial charge in [0.05, 0.1) is 18.4 Å². The maximum atomic E-state index is 13.7. The summed E-state index contributed by atoms with van der Waals surface area (Å²) in [6.45, 7) is 4.22. The number of benzene rings is 2. The predicted molar refractivity (Wildman–Crippen MR) is 123 cm³/mol. The molecule has 0 bridgehead atoms. The fourth-order valence-corrected chi connectivity index (χ4v) is 2.92. The first-order chi connectivity index (χ1) is 16.4. The number of imidazole rings is 1. The third-order valence-corrected chi connectivity index (χ3v) is 4.26. The molecule has 0 spiro atoms. The summed E-state index contributed by atoms with van der Waals surface area (Å²) in [6, 6.07) is 7.23. The zero-order valence-corrected chi connectivity index (χ0v) is 18.2. The van der Waals surface area contributed by atoms with Gasteiger partial charge >= 0.3 is 0 Å². The molecule has 0 saturated carbocycles. The molecule has 3 heterocycles. The van der Waals surface area contributed by atoms with Gasteiger partial charge in [0.15, 0.2) is 11.5 Å². The van der Waals surface area contributed by atoms with E-state index in [0.29, 0.717) is 28.3 Å². The molecule has 0 atom stereocenters. The van der Waals surface area contributed by atoms with Gasteiger partial charge in [-0.25, -0.2) is 33.1 Å². The molecule has 0 unspecified atom stereocenters. The van der Waals surface area contributed by atoms with Crippen LogP contribution in [-0.4, -0.2) is 29.9 Å². The Balaban J connectivity index is 0.000000248. The Hall–Kier alpha value is -4.48. The Morgan fingerprint density at radius 3 is 2.47 bits per heavy atom. The molecular weight excluding hydrogens is 449 g/mol. The second kappa shape index (κ2) is 10.9. The van der Waals surface area contributed by atoms with Crippen LogP contribution in [0.4, 0.5) is 24.7 Å². The van der Waals surface area contributed by atoms with E-state index >= 15 is 0 Å². The second-order valence-corrected chi connectivity index (χ2v) is 6.53. The zero-order valence-electron chi connectivity index (χ0n) is 18.2. The monoisotopic (exact) mass is 470 g/mol. The Bertz CT molecular complexity index is 1420. The minimum Gasteiger partial charge on any atom is -0.399 e. The number of rotatable bonds is 3. The number of halogens is 3. The van der Waals surface area contributed by atoms with Crippen LogP contribution in [-0.2, 0) is 6.54 Å². The molecule has 2 aromatic carbocycles. The highest BCUT2D eigenvalue weighted by atomic mass is 19.1. The third kappa shape index (κ3) is 5.65. The van der Waals surface area contributed by atoms with Gasteiger partial charge in [-0.2, -0.15) is 0 Å². The van der Waals surface area contributed by atoms with Crippen LogP contribution in [0.3, 0.4) is 0 Å².